The standard InChI is InChI=1S/C14H18FNO3/c1-9(16-14(17)18)10-6-7-12(15)13(8-10)19-11-4-2-3-5-11/h6-9,11,16H,2-5H2,1H3,(H,17,18). The Hall–Kier alpha value is -1.78. The number of benzene rings is 1. The fourth-order valence-electron chi connectivity index (χ4n) is 2.33. The number of hydrogen-bond acceptors (Lipinski definition) is 2. The molecule has 1 atom stereocenters. The van der Waals surface area contributed by atoms with Gasteiger partial charge in [-0.3, -0.25) is 0 Å². The average Bonchev–Trinajstić information content (AvgIpc) is 2.84. The molecule has 1 amide bonds. The van der Waals surface area contributed by atoms with Gasteiger partial charge in [0.25, 0.3) is 0 Å². The van der Waals surface area contributed by atoms with E-state index >= 15 is 0 Å². The molecule has 1 unspecified atom stereocenters. The van der Waals surface area contributed by atoms with Gasteiger partial charge in [-0.15, -0.1) is 0 Å². The molecule has 5 heteroatoms. The Kier molecular flexibility index (Phi) is 4.24. The molecule has 0 aromatic heterocycles. The number of ether oxygens (including phenoxy) is 1. The average molecular weight is 267 g/mol. The van der Waals surface area contributed by atoms with Gasteiger partial charge in [-0.25, -0.2) is 9.18 Å². The first-order chi connectivity index (χ1) is 9.06. The number of carboxylic acid groups (broad SMARTS) is 1. The van der Waals surface area contributed by atoms with Gasteiger partial charge in [0.2, 0.25) is 0 Å². The summed E-state index contributed by atoms with van der Waals surface area (Å²) >= 11 is 0. The Labute approximate surface area is 111 Å². The predicted molar refractivity (Wildman–Crippen MR) is 68.9 cm³/mol. The number of rotatable bonds is 4. The van der Waals surface area contributed by atoms with Gasteiger partial charge in [0, 0.05) is 0 Å². The maximum Gasteiger partial charge on any atom is 0.405 e. The second-order valence-electron chi connectivity index (χ2n) is 4.89. The van der Waals surface area contributed by atoms with Crippen molar-refractivity contribution in [1.29, 1.82) is 0 Å². The van der Waals surface area contributed by atoms with Crippen LogP contribution in [0.5, 0.6) is 5.75 Å². The van der Waals surface area contributed by atoms with E-state index in [4.69, 9.17) is 9.84 Å². The second-order valence-corrected chi connectivity index (χ2v) is 4.89. The van der Waals surface area contributed by atoms with Crippen LogP contribution in [-0.2, 0) is 0 Å². The van der Waals surface area contributed by atoms with E-state index in [1.54, 1.807) is 19.1 Å². The lowest BCUT2D eigenvalue weighted by atomic mass is 10.1. The predicted octanol–water partition coefficient (Wildman–Crippen LogP) is 3.48. The molecular formula is C14H18FNO3. The quantitative estimate of drug-likeness (QED) is 0.878. The highest BCUT2D eigenvalue weighted by molar-refractivity contribution is 5.65. The lowest BCUT2D eigenvalue weighted by molar-refractivity contribution is 0.190. The number of carbonyl (C=O) groups is 1. The normalized spacial score (nSPS) is 17.2. The van der Waals surface area contributed by atoms with Crippen molar-refractivity contribution in [3.8, 4) is 5.75 Å². The summed E-state index contributed by atoms with van der Waals surface area (Å²) < 4.78 is 19.3. The first-order valence-corrected chi connectivity index (χ1v) is 6.52. The molecule has 104 valence electrons. The van der Waals surface area contributed by atoms with Crippen LogP contribution < -0.4 is 10.1 Å². The van der Waals surface area contributed by atoms with E-state index in [0.29, 0.717) is 5.56 Å². The van der Waals surface area contributed by atoms with Crippen molar-refractivity contribution in [2.45, 2.75) is 44.8 Å². The van der Waals surface area contributed by atoms with Gasteiger partial charge in [0.15, 0.2) is 11.6 Å². The van der Waals surface area contributed by atoms with Crippen LogP contribution in [0.3, 0.4) is 0 Å². The lowest BCUT2D eigenvalue weighted by Gasteiger charge is -2.17. The van der Waals surface area contributed by atoms with Gasteiger partial charge in [0.1, 0.15) is 0 Å². The molecule has 2 rings (SSSR count). The van der Waals surface area contributed by atoms with Gasteiger partial charge < -0.3 is 15.2 Å². The molecule has 1 aromatic rings. The van der Waals surface area contributed by atoms with E-state index in [1.807, 2.05) is 0 Å². The number of hydrogen-bond donors (Lipinski definition) is 2. The van der Waals surface area contributed by atoms with Crippen molar-refractivity contribution in [2.24, 2.45) is 0 Å². The summed E-state index contributed by atoms with van der Waals surface area (Å²) in [6, 6.07) is 4.06. The van der Waals surface area contributed by atoms with Crippen LogP contribution in [0.15, 0.2) is 18.2 Å². The minimum absolute atomic E-state index is 0.0764. The molecule has 2 N–H and O–H groups in total. The molecule has 1 aromatic carbocycles. The molecule has 0 radical (unpaired) electrons. The molecular weight excluding hydrogens is 249 g/mol. The van der Waals surface area contributed by atoms with Crippen LogP contribution in [-0.4, -0.2) is 17.3 Å². The molecule has 0 saturated heterocycles. The Balaban J connectivity index is 2.11. The molecule has 0 aliphatic heterocycles. The maximum atomic E-state index is 13.7. The fraction of sp³-hybridized carbons (Fsp3) is 0.500. The molecule has 1 aliphatic rings. The van der Waals surface area contributed by atoms with Crippen molar-refractivity contribution in [3.63, 3.8) is 0 Å². The zero-order valence-electron chi connectivity index (χ0n) is 10.9. The fourth-order valence-corrected chi connectivity index (χ4v) is 2.33. The van der Waals surface area contributed by atoms with E-state index < -0.39 is 18.0 Å². The minimum Gasteiger partial charge on any atom is -0.487 e. The third-order valence-corrected chi connectivity index (χ3v) is 3.39. The van der Waals surface area contributed by atoms with E-state index in [-0.39, 0.29) is 11.9 Å². The van der Waals surface area contributed by atoms with Crippen molar-refractivity contribution < 1.29 is 19.0 Å². The summed E-state index contributed by atoms with van der Waals surface area (Å²) in [6.45, 7) is 1.71. The Bertz CT molecular complexity index is 458. The molecule has 1 aliphatic carbocycles. The van der Waals surface area contributed by atoms with Crippen molar-refractivity contribution >= 4 is 6.09 Å². The molecule has 4 nitrogen and oxygen atoms in total. The number of amides is 1. The molecule has 0 bridgehead atoms. The van der Waals surface area contributed by atoms with Gasteiger partial charge in [-0.2, -0.15) is 0 Å². The van der Waals surface area contributed by atoms with Crippen LogP contribution in [0.2, 0.25) is 0 Å². The largest absolute Gasteiger partial charge is 0.487 e. The van der Waals surface area contributed by atoms with Crippen LogP contribution in [0.4, 0.5) is 9.18 Å². The molecule has 0 spiro atoms. The van der Waals surface area contributed by atoms with E-state index in [2.05, 4.69) is 5.32 Å². The summed E-state index contributed by atoms with van der Waals surface area (Å²) in [5, 5.41) is 11.0. The van der Waals surface area contributed by atoms with E-state index in [1.165, 1.54) is 6.07 Å². The second kappa shape index (κ2) is 5.91. The van der Waals surface area contributed by atoms with Crippen LogP contribution >= 0.6 is 0 Å². The first-order valence-electron chi connectivity index (χ1n) is 6.52. The molecule has 19 heavy (non-hydrogen) atoms. The molecule has 1 fully saturated rings. The molecule has 1 saturated carbocycles. The number of nitrogens with one attached hydrogen (secondary N) is 1. The highest BCUT2D eigenvalue weighted by Gasteiger charge is 2.19. The van der Waals surface area contributed by atoms with Crippen LogP contribution in [0.1, 0.15) is 44.2 Å². The Morgan fingerprint density at radius 3 is 2.79 bits per heavy atom. The number of halogens is 1. The summed E-state index contributed by atoms with van der Waals surface area (Å²) in [5.74, 6) is -0.193. The van der Waals surface area contributed by atoms with E-state index in [9.17, 15) is 9.18 Å². The summed E-state index contributed by atoms with van der Waals surface area (Å²) in [4.78, 5) is 10.6. The third kappa shape index (κ3) is 3.59. The third-order valence-electron chi connectivity index (χ3n) is 3.39. The lowest BCUT2D eigenvalue weighted by Crippen LogP contribution is -2.24. The summed E-state index contributed by atoms with van der Waals surface area (Å²) in [5.41, 5.74) is 0.691. The molecule has 0 heterocycles. The maximum absolute atomic E-state index is 13.7. The van der Waals surface area contributed by atoms with Crippen molar-refractivity contribution in [3.05, 3.63) is 29.6 Å². The van der Waals surface area contributed by atoms with E-state index in [0.717, 1.165) is 25.7 Å². The summed E-state index contributed by atoms with van der Waals surface area (Å²) in [7, 11) is 0. The SMILES string of the molecule is CC(NC(=O)O)c1ccc(F)c(OC2CCCC2)c1. The summed E-state index contributed by atoms with van der Waals surface area (Å²) in [6.07, 6.45) is 3.10. The topological polar surface area (TPSA) is 58.6 Å². The van der Waals surface area contributed by atoms with Gasteiger partial charge in [-0.05, 0) is 50.3 Å². The Morgan fingerprint density at radius 2 is 2.16 bits per heavy atom. The van der Waals surface area contributed by atoms with Gasteiger partial charge in [-0.1, -0.05) is 6.07 Å². The highest BCUT2D eigenvalue weighted by Crippen LogP contribution is 2.28. The Morgan fingerprint density at radius 1 is 1.47 bits per heavy atom. The zero-order valence-corrected chi connectivity index (χ0v) is 10.9. The monoisotopic (exact) mass is 267 g/mol. The van der Waals surface area contributed by atoms with Crippen molar-refractivity contribution in [2.75, 3.05) is 0 Å². The highest BCUT2D eigenvalue weighted by atomic mass is 19.1. The zero-order chi connectivity index (χ0) is 13.8. The smallest absolute Gasteiger partial charge is 0.405 e. The van der Waals surface area contributed by atoms with Crippen LogP contribution in [0.25, 0.3) is 0 Å². The van der Waals surface area contributed by atoms with Gasteiger partial charge in [0.05, 0.1) is 12.1 Å². The van der Waals surface area contributed by atoms with Gasteiger partial charge >= 0.3 is 6.09 Å². The first kappa shape index (κ1) is 13.6. The van der Waals surface area contributed by atoms with Crippen molar-refractivity contribution in [1.82, 2.24) is 5.32 Å². The minimum atomic E-state index is -1.10. The van der Waals surface area contributed by atoms with Crippen LogP contribution in [0, 0.1) is 5.82 Å².